The lowest BCUT2D eigenvalue weighted by Gasteiger charge is -2.19. The molecule has 0 atom stereocenters. The van der Waals surface area contributed by atoms with E-state index in [-0.39, 0.29) is 5.91 Å². The van der Waals surface area contributed by atoms with Gasteiger partial charge in [-0.1, -0.05) is 6.92 Å². The highest BCUT2D eigenvalue weighted by Gasteiger charge is 2.27. The lowest BCUT2D eigenvalue weighted by molar-refractivity contribution is 0.0922. The molecule has 112 valence electrons. The Bertz CT molecular complexity index is 646. The first-order valence-corrected chi connectivity index (χ1v) is 7.48. The molecule has 5 nitrogen and oxygen atoms in total. The summed E-state index contributed by atoms with van der Waals surface area (Å²) in [5.74, 6) is 0.168. The fraction of sp³-hybridized carbons (Fsp3) is 0.438. The minimum absolute atomic E-state index is 0.170. The number of hydrogen-bond donors (Lipinski definition) is 2. The Morgan fingerprint density at radius 2 is 2.24 bits per heavy atom. The largest absolute Gasteiger partial charge is 0.451 e. The van der Waals surface area contributed by atoms with Gasteiger partial charge in [0.25, 0.3) is 5.91 Å². The van der Waals surface area contributed by atoms with Crippen LogP contribution in [0.4, 0.5) is 5.69 Å². The molecule has 0 spiro atoms. The second-order valence-corrected chi connectivity index (χ2v) is 5.52. The van der Waals surface area contributed by atoms with E-state index in [1.54, 1.807) is 18.2 Å². The molecule has 2 aromatic rings. The van der Waals surface area contributed by atoms with Gasteiger partial charge in [-0.3, -0.25) is 9.69 Å². The number of hydrogen-bond acceptors (Lipinski definition) is 4. The molecule has 1 saturated carbocycles. The Morgan fingerprint density at radius 1 is 1.43 bits per heavy atom. The molecule has 1 aliphatic rings. The van der Waals surface area contributed by atoms with Crippen molar-refractivity contribution in [1.82, 2.24) is 10.2 Å². The van der Waals surface area contributed by atoms with E-state index in [0.29, 0.717) is 23.6 Å². The first-order valence-electron chi connectivity index (χ1n) is 7.48. The Balaban J connectivity index is 1.58. The van der Waals surface area contributed by atoms with E-state index in [1.807, 2.05) is 6.07 Å². The van der Waals surface area contributed by atoms with Crippen molar-refractivity contribution in [2.45, 2.75) is 25.8 Å². The first kappa shape index (κ1) is 13.9. The van der Waals surface area contributed by atoms with Gasteiger partial charge in [0.2, 0.25) is 0 Å². The zero-order valence-corrected chi connectivity index (χ0v) is 12.3. The van der Waals surface area contributed by atoms with Gasteiger partial charge in [0.05, 0.1) is 0 Å². The van der Waals surface area contributed by atoms with Gasteiger partial charge in [0, 0.05) is 30.2 Å². The number of likely N-dealkylation sites (N-methyl/N-ethyl adjacent to an activating group) is 1. The van der Waals surface area contributed by atoms with Crippen molar-refractivity contribution < 1.29 is 9.21 Å². The van der Waals surface area contributed by atoms with Crippen LogP contribution in [0.2, 0.25) is 0 Å². The van der Waals surface area contributed by atoms with Crippen LogP contribution in [-0.4, -0.2) is 36.5 Å². The van der Waals surface area contributed by atoms with Crippen molar-refractivity contribution in [2.75, 3.05) is 25.4 Å². The second kappa shape index (κ2) is 5.77. The number of carbonyl (C=O) groups is 1. The molecular weight excluding hydrogens is 266 g/mol. The maximum Gasteiger partial charge on any atom is 0.287 e. The van der Waals surface area contributed by atoms with E-state index < -0.39 is 0 Å². The molecule has 1 aliphatic carbocycles. The van der Waals surface area contributed by atoms with Crippen molar-refractivity contribution in [1.29, 1.82) is 0 Å². The maximum atomic E-state index is 12.1. The quantitative estimate of drug-likeness (QED) is 0.799. The van der Waals surface area contributed by atoms with E-state index in [0.717, 1.165) is 24.5 Å². The minimum atomic E-state index is -0.170. The van der Waals surface area contributed by atoms with Crippen molar-refractivity contribution >= 4 is 22.6 Å². The number of nitrogens with zero attached hydrogens (tertiary/aromatic N) is 1. The first-order chi connectivity index (χ1) is 10.2. The van der Waals surface area contributed by atoms with Crippen molar-refractivity contribution in [3.8, 4) is 0 Å². The van der Waals surface area contributed by atoms with Crippen LogP contribution >= 0.6 is 0 Å². The number of fused-ring (bicyclic) bond motifs is 1. The molecule has 1 heterocycles. The number of anilines is 1. The predicted octanol–water partition coefficient (Wildman–Crippen LogP) is 2.23. The Kier molecular flexibility index (Phi) is 3.84. The van der Waals surface area contributed by atoms with Crippen LogP contribution in [0.1, 0.15) is 30.3 Å². The molecule has 1 aromatic carbocycles. The Labute approximate surface area is 124 Å². The SMILES string of the molecule is CCN(CCNC(=O)c1cc2cc(N)ccc2o1)C1CC1. The number of amides is 1. The van der Waals surface area contributed by atoms with Gasteiger partial charge < -0.3 is 15.5 Å². The van der Waals surface area contributed by atoms with Crippen LogP contribution in [-0.2, 0) is 0 Å². The topological polar surface area (TPSA) is 71.5 Å². The summed E-state index contributed by atoms with van der Waals surface area (Å²) in [5, 5.41) is 3.77. The molecule has 1 fully saturated rings. The normalized spacial score (nSPS) is 14.8. The Hall–Kier alpha value is -2.01. The fourth-order valence-corrected chi connectivity index (χ4v) is 2.61. The second-order valence-electron chi connectivity index (χ2n) is 5.52. The van der Waals surface area contributed by atoms with Crippen LogP contribution < -0.4 is 11.1 Å². The summed E-state index contributed by atoms with van der Waals surface area (Å²) in [6.45, 7) is 4.72. The maximum absolute atomic E-state index is 12.1. The molecule has 0 aliphatic heterocycles. The molecule has 1 aromatic heterocycles. The zero-order valence-electron chi connectivity index (χ0n) is 12.3. The van der Waals surface area contributed by atoms with Gasteiger partial charge in [0.1, 0.15) is 5.58 Å². The van der Waals surface area contributed by atoms with E-state index >= 15 is 0 Å². The van der Waals surface area contributed by atoms with Gasteiger partial charge in [-0.2, -0.15) is 0 Å². The summed E-state index contributed by atoms with van der Waals surface area (Å²) in [7, 11) is 0. The van der Waals surface area contributed by atoms with Crippen LogP contribution in [0.5, 0.6) is 0 Å². The van der Waals surface area contributed by atoms with Crippen molar-refractivity contribution in [3.05, 3.63) is 30.0 Å². The average Bonchev–Trinajstić information content (AvgIpc) is 3.22. The third-order valence-corrected chi connectivity index (χ3v) is 3.92. The van der Waals surface area contributed by atoms with Gasteiger partial charge in [-0.15, -0.1) is 0 Å². The lowest BCUT2D eigenvalue weighted by atomic mass is 10.2. The summed E-state index contributed by atoms with van der Waals surface area (Å²) >= 11 is 0. The molecule has 3 rings (SSSR count). The smallest absolute Gasteiger partial charge is 0.287 e. The van der Waals surface area contributed by atoms with Crippen molar-refractivity contribution in [2.24, 2.45) is 0 Å². The van der Waals surface area contributed by atoms with Crippen LogP contribution in [0.3, 0.4) is 0 Å². The number of carbonyl (C=O) groups excluding carboxylic acids is 1. The highest BCUT2D eigenvalue weighted by atomic mass is 16.3. The summed E-state index contributed by atoms with van der Waals surface area (Å²) < 4.78 is 5.55. The summed E-state index contributed by atoms with van der Waals surface area (Å²) in [5.41, 5.74) is 7.07. The van der Waals surface area contributed by atoms with Crippen LogP contribution in [0.25, 0.3) is 11.0 Å². The summed E-state index contributed by atoms with van der Waals surface area (Å²) in [6.07, 6.45) is 2.57. The lowest BCUT2D eigenvalue weighted by Crippen LogP contribution is -2.35. The summed E-state index contributed by atoms with van der Waals surface area (Å²) in [6, 6.07) is 7.82. The van der Waals surface area contributed by atoms with Crippen LogP contribution in [0, 0.1) is 0 Å². The predicted molar refractivity (Wildman–Crippen MR) is 83.2 cm³/mol. The van der Waals surface area contributed by atoms with E-state index in [4.69, 9.17) is 10.2 Å². The highest BCUT2D eigenvalue weighted by molar-refractivity contribution is 5.96. The average molecular weight is 287 g/mol. The van der Waals surface area contributed by atoms with E-state index in [1.165, 1.54) is 12.8 Å². The summed E-state index contributed by atoms with van der Waals surface area (Å²) in [4.78, 5) is 14.5. The third kappa shape index (κ3) is 3.19. The Morgan fingerprint density at radius 3 is 2.95 bits per heavy atom. The molecule has 1 amide bonds. The minimum Gasteiger partial charge on any atom is -0.451 e. The molecule has 0 radical (unpaired) electrons. The molecule has 21 heavy (non-hydrogen) atoms. The highest BCUT2D eigenvalue weighted by Crippen LogP contribution is 2.26. The fourth-order valence-electron chi connectivity index (χ4n) is 2.61. The van der Waals surface area contributed by atoms with E-state index in [2.05, 4.69) is 17.1 Å². The van der Waals surface area contributed by atoms with E-state index in [9.17, 15) is 4.79 Å². The monoisotopic (exact) mass is 287 g/mol. The number of nitrogen functional groups attached to an aromatic ring is 1. The standard InChI is InChI=1S/C16H21N3O2/c1-2-19(13-4-5-13)8-7-18-16(20)15-10-11-9-12(17)3-6-14(11)21-15/h3,6,9-10,13H,2,4-5,7-8,17H2,1H3,(H,18,20). The number of nitrogens with one attached hydrogen (secondary N) is 1. The zero-order chi connectivity index (χ0) is 14.8. The van der Waals surface area contributed by atoms with Gasteiger partial charge in [0.15, 0.2) is 5.76 Å². The molecule has 0 saturated heterocycles. The third-order valence-electron chi connectivity index (χ3n) is 3.92. The number of rotatable bonds is 6. The molecular formula is C16H21N3O2. The van der Waals surface area contributed by atoms with Gasteiger partial charge >= 0.3 is 0 Å². The molecule has 3 N–H and O–H groups in total. The van der Waals surface area contributed by atoms with Gasteiger partial charge in [-0.05, 0) is 43.7 Å². The molecule has 0 unspecified atom stereocenters. The number of nitrogens with two attached hydrogens (primary N) is 1. The molecule has 5 heteroatoms. The number of benzene rings is 1. The van der Waals surface area contributed by atoms with Crippen LogP contribution in [0.15, 0.2) is 28.7 Å². The molecule has 0 bridgehead atoms. The van der Waals surface area contributed by atoms with Crippen molar-refractivity contribution in [3.63, 3.8) is 0 Å². The number of furan rings is 1. The van der Waals surface area contributed by atoms with Gasteiger partial charge in [-0.25, -0.2) is 0 Å².